The van der Waals surface area contributed by atoms with Gasteiger partial charge in [-0.1, -0.05) is 59.8 Å². The highest BCUT2D eigenvalue weighted by Gasteiger charge is 2.30. The molecule has 6 rings (SSSR count). The second-order valence-corrected chi connectivity index (χ2v) is 12.2. The van der Waals surface area contributed by atoms with Crippen molar-refractivity contribution in [1.82, 2.24) is 9.55 Å². The maximum Gasteiger partial charge on any atom is 0.267 e. The molecule has 0 saturated heterocycles. The molecular formula is C32H29N3O3S2. The van der Waals surface area contributed by atoms with E-state index in [1.165, 1.54) is 16.6 Å². The van der Waals surface area contributed by atoms with E-state index < -0.39 is 0 Å². The van der Waals surface area contributed by atoms with Gasteiger partial charge in [-0.3, -0.25) is 14.2 Å². The highest BCUT2D eigenvalue weighted by molar-refractivity contribution is 7.99. The van der Waals surface area contributed by atoms with Gasteiger partial charge in [0.25, 0.3) is 5.56 Å². The first-order valence-corrected chi connectivity index (χ1v) is 15.1. The number of carbonyl (C=O) groups is 1. The van der Waals surface area contributed by atoms with Gasteiger partial charge in [-0.15, -0.1) is 11.3 Å². The van der Waals surface area contributed by atoms with Crippen molar-refractivity contribution in [3.63, 3.8) is 0 Å². The number of aromatic hydroxyl groups is 1. The van der Waals surface area contributed by atoms with E-state index in [0.717, 1.165) is 52.9 Å². The molecule has 0 fully saturated rings. The van der Waals surface area contributed by atoms with Gasteiger partial charge in [0.05, 0.1) is 16.8 Å². The standard InChI is InChI=1S/C32H29N3O3S2/c1-19-10-14-22(15-11-19)35-31(38)29-28-24(21-12-16-23(36)17-13-21)7-5-9-26(28)40-30(29)34-32(35)39-18-27(37)33-25-8-4-3-6-20(25)2/h3-4,6,8,10-17,24,36H,5,7,9,18H2,1-2H3,(H,33,37). The van der Waals surface area contributed by atoms with E-state index >= 15 is 0 Å². The first kappa shape index (κ1) is 26.3. The topological polar surface area (TPSA) is 84.2 Å². The minimum absolute atomic E-state index is 0.0671. The normalized spacial score (nSPS) is 14.7. The van der Waals surface area contributed by atoms with E-state index in [0.29, 0.717) is 15.4 Å². The fourth-order valence-electron chi connectivity index (χ4n) is 5.35. The largest absolute Gasteiger partial charge is 0.508 e. The number of aryl methyl sites for hydroxylation is 3. The van der Waals surface area contributed by atoms with Gasteiger partial charge in [-0.25, -0.2) is 4.98 Å². The number of phenols is 1. The van der Waals surface area contributed by atoms with Crippen molar-refractivity contribution in [2.45, 2.75) is 44.2 Å². The van der Waals surface area contributed by atoms with E-state index in [-0.39, 0.29) is 28.9 Å². The van der Waals surface area contributed by atoms with E-state index in [1.807, 2.05) is 74.5 Å². The predicted octanol–water partition coefficient (Wildman–Crippen LogP) is 6.97. The van der Waals surface area contributed by atoms with Crippen molar-refractivity contribution in [1.29, 1.82) is 0 Å². The van der Waals surface area contributed by atoms with Gasteiger partial charge in [-0.05, 0) is 80.1 Å². The molecule has 1 amide bonds. The van der Waals surface area contributed by atoms with Crippen LogP contribution in [0, 0.1) is 13.8 Å². The molecule has 2 heterocycles. The van der Waals surface area contributed by atoms with Crippen LogP contribution in [0.1, 0.15) is 45.9 Å². The summed E-state index contributed by atoms with van der Waals surface area (Å²) in [5.41, 5.74) is 5.62. The lowest BCUT2D eigenvalue weighted by Gasteiger charge is -2.23. The van der Waals surface area contributed by atoms with E-state index in [9.17, 15) is 14.7 Å². The van der Waals surface area contributed by atoms with E-state index in [4.69, 9.17) is 4.98 Å². The van der Waals surface area contributed by atoms with Crippen molar-refractivity contribution in [2.24, 2.45) is 0 Å². The second kappa shape index (κ2) is 10.9. The van der Waals surface area contributed by atoms with Crippen molar-refractivity contribution >= 4 is 44.9 Å². The monoisotopic (exact) mass is 567 g/mol. The first-order chi connectivity index (χ1) is 19.4. The summed E-state index contributed by atoms with van der Waals surface area (Å²) in [6.45, 7) is 3.97. The number of hydrogen-bond acceptors (Lipinski definition) is 6. The van der Waals surface area contributed by atoms with Crippen LogP contribution >= 0.6 is 23.1 Å². The molecule has 8 heteroatoms. The smallest absolute Gasteiger partial charge is 0.267 e. The molecule has 1 aliphatic rings. The van der Waals surface area contributed by atoms with Gasteiger partial charge in [-0.2, -0.15) is 0 Å². The Morgan fingerprint density at radius 2 is 1.82 bits per heavy atom. The van der Waals surface area contributed by atoms with Crippen LogP contribution in [-0.2, 0) is 11.2 Å². The Morgan fingerprint density at radius 1 is 1.07 bits per heavy atom. The Bertz CT molecular complexity index is 1770. The zero-order valence-electron chi connectivity index (χ0n) is 22.3. The van der Waals surface area contributed by atoms with Gasteiger partial charge in [0, 0.05) is 16.5 Å². The average molecular weight is 568 g/mol. The number of para-hydroxylation sites is 1. The number of benzene rings is 3. The lowest BCUT2D eigenvalue weighted by molar-refractivity contribution is -0.113. The van der Waals surface area contributed by atoms with Crippen LogP contribution in [0.4, 0.5) is 5.69 Å². The highest BCUT2D eigenvalue weighted by Crippen LogP contribution is 2.44. The average Bonchev–Trinajstić information content (AvgIpc) is 3.33. The third-order valence-corrected chi connectivity index (χ3v) is 9.49. The third kappa shape index (κ3) is 5.05. The van der Waals surface area contributed by atoms with Crippen LogP contribution < -0.4 is 10.9 Å². The molecule has 0 radical (unpaired) electrons. The maximum atomic E-state index is 14.4. The molecule has 0 saturated carbocycles. The van der Waals surface area contributed by atoms with Crippen molar-refractivity contribution in [3.05, 3.63) is 110 Å². The quantitative estimate of drug-likeness (QED) is 0.171. The van der Waals surface area contributed by atoms with Crippen molar-refractivity contribution in [2.75, 3.05) is 11.1 Å². The Morgan fingerprint density at radius 3 is 2.58 bits per heavy atom. The summed E-state index contributed by atoms with van der Waals surface area (Å²) in [5.74, 6) is 0.269. The number of nitrogens with one attached hydrogen (secondary N) is 1. The first-order valence-electron chi connectivity index (χ1n) is 13.3. The number of nitrogens with zero attached hydrogens (tertiary/aromatic N) is 2. The molecular weight excluding hydrogens is 539 g/mol. The third-order valence-electron chi connectivity index (χ3n) is 7.39. The fraction of sp³-hybridized carbons (Fsp3) is 0.219. The molecule has 6 nitrogen and oxygen atoms in total. The molecule has 2 N–H and O–H groups in total. The van der Waals surface area contributed by atoms with E-state index in [1.54, 1.807) is 28.0 Å². The minimum Gasteiger partial charge on any atom is -0.508 e. The summed E-state index contributed by atoms with van der Waals surface area (Å²) in [4.78, 5) is 34.2. The van der Waals surface area contributed by atoms with E-state index in [2.05, 4.69) is 5.32 Å². The van der Waals surface area contributed by atoms with Crippen molar-refractivity contribution in [3.8, 4) is 11.4 Å². The number of hydrogen-bond donors (Lipinski definition) is 2. The number of anilines is 1. The number of fused-ring (bicyclic) bond motifs is 3. The Hall–Kier alpha value is -3.88. The number of thiophene rings is 1. The summed E-state index contributed by atoms with van der Waals surface area (Å²) in [6.07, 6.45) is 2.87. The summed E-state index contributed by atoms with van der Waals surface area (Å²) in [5, 5.41) is 14.0. The zero-order valence-corrected chi connectivity index (χ0v) is 23.9. The highest BCUT2D eigenvalue weighted by atomic mass is 32.2. The second-order valence-electron chi connectivity index (χ2n) is 10.2. The van der Waals surface area contributed by atoms with Gasteiger partial charge in [0.1, 0.15) is 10.6 Å². The number of amides is 1. The number of aromatic nitrogens is 2. The summed E-state index contributed by atoms with van der Waals surface area (Å²) < 4.78 is 1.66. The summed E-state index contributed by atoms with van der Waals surface area (Å²) >= 11 is 2.86. The maximum absolute atomic E-state index is 14.4. The number of thioether (sulfide) groups is 1. The Balaban J connectivity index is 1.44. The molecule has 0 spiro atoms. The molecule has 3 aromatic carbocycles. The predicted molar refractivity (Wildman–Crippen MR) is 163 cm³/mol. The summed E-state index contributed by atoms with van der Waals surface area (Å²) in [7, 11) is 0. The zero-order chi connectivity index (χ0) is 27.8. The molecule has 0 aliphatic heterocycles. The van der Waals surface area contributed by atoms with Crippen LogP contribution in [0.15, 0.2) is 82.7 Å². The fourth-order valence-corrected chi connectivity index (χ4v) is 7.48. The molecule has 1 aliphatic carbocycles. The Kier molecular flexibility index (Phi) is 7.21. The van der Waals surface area contributed by atoms with Crippen LogP contribution in [0.2, 0.25) is 0 Å². The molecule has 40 heavy (non-hydrogen) atoms. The van der Waals surface area contributed by atoms with Crippen LogP contribution in [-0.4, -0.2) is 26.3 Å². The number of phenolic OH excluding ortho intramolecular Hbond substituents is 1. The molecule has 2 aromatic heterocycles. The molecule has 1 atom stereocenters. The van der Waals surface area contributed by atoms with Gasteiger partial charge < -0.3 is 10.4 Å². The minimum atomic E-state index is -0.151. The SMILES string of the molecule is Cc1ccc(-n2c(SCC(=O)Nc3ccccc3C)nc3sc4c(c3c2=O)C(c2ccc(O)cc2)CCC4)cc1. The number of carbonyl (C=O) groups excluding carboxylic acids is 1. The van der Waals surface area contributed by atoms with Crippen LogP contribution in [0.25, 0.3) is 15.9 Å². The van der Waals surface area contributed by atoms with Crippen molar-refractivity contribution < 1.29 is 9.90 Å². The number of rotatable bonds is 6. The lowest BCUT2D eigenvalue weighted by atomic mass is 9.81. The summed E-state index contributed by atoms with van der Waals surface area (Å²) in [6, 6.07) is 22.8. The van der Waals surface area contributed by atoms with Gasteiger partial charge >= 0.3 is 0 Å². The molecule has 5 aromatic rings. The van der Waals surface area contributed by atoms with Gasteiger partial charge in [0.2, 0.25) is 5.91 Å². The van der Waals surface area contributed by atoms with Crippen LogP contribution in [0.5, 0.6) is 5.75 Å². The Labute approximate surface area is 240 Å². The molecule has 0 bridgehead atoms. The van der Waals surface area contributed by atoms with Gasteiger partial charge in [0.15, 0.2) is 5.16 Å². The molecule has 202 valence electrons. The molecule has 1 unspecified atom stereocenters. The lowest BCUT2D eigenvalue weighted by Crippen LogP contribution is -2.24. The van der Waals surface area contributed by atoms with Crippen LogP contribution in [0.3, 0.4) is 0 Å².